The molecule has 0 spiro atoms. The summed E-state index contributed by atoms with van der Waals surface area (Å²) < 4.78 is 12.7. The molecule has 0 unspecified atom stereocenters. The van der Waals surface area contributed by atoms with E-state index in [9.17, 15) is 24.5 Å². The number of rotatable bonds is 9. The first-order valence-electron chi connectivity index (χ1n) is 12.6. The van der Waals surface area contributed by atoms with E-state index in [1.165, 1.54) is 18.2 Å². The maximum atomic E-state index is 13.4. The van der Waals surface area contributed by atoms with E-state index in [1.54, 1.807) is 60.7 Å². The van der Waals surface area contributed by atoms with E-state index in [1.807, 2.05) is 24.3 Å². The number of amides is 4. The molecule has 11 heteroatoms. The Hall–Kier alpha value is -5.29. The molecule has 1 saturated heterocycles. The van der Waals surface area contributed by atoms with Gasteiger partial charge in [-0.05, 0) is 71.8 Å². The van der Waals surface area contributed by atoms with Crippen LogP contribution in [0.3, 0.4) is 0 Å². The molecule has 1 N–H and O–H groups in total. The first-order valence-corrected chi connectivity index (χ1v) is 13.4. The molecule has 0 bridgehead atoms. The van der Waals surface area contributed by atoms with Gasteiger partial charge in [-0.2, -0.15) is 0 Å². The molecular formula is C31H22BrN3O7. The number of ether oxygens (including phenoxy) is 2. The predicted octanol–water partition coefficient (Wildman–Crippen LogP) is 6.18. The average Bonchev–Trinajstić information content (AvgIpc) is 2.99. The Morgan fingerprint density at radius 2 is 1.43 bits per heavy atom. The smallest absolute Gasteiger partial charge is 0.335 e. The van der Waals surface area contributed by atoms with Gasteiger partial charge < -0.3 is 9.47 Å². The molecule has 1 aliphatic heterocycles. The maximum absolute atomic E-state index is 13.4. The molecule has 4 aromatic rings. The molecule has 10 nitrogen and oxygen atoms in total. The van der Waals surface area contributed by atoms with Gasteiger partial charge in [0.1, 0.15) is 30.3 Å². The number of hydrogen-bond acceptors (Lipinski definition) is 7. The molecular weight excluding hydrogens is 606 g/mol. The van der Waals surface area contributed by atoms with E-state index in [4.69, 9.17) is 9.47 Å². The highest BCUT2D eigenvalue weighted by Gasteiger charge is 2.37. The zero-order valence-corrected chi connectivity index (χ0v) is 23.4. The molecule has 1 fully saturated rings. The van der Waals surface area contributed by atoms with Crippen molar-refractivity contribution in [1.82, 2.24) is 5.32 Å². The number of urea groups is 1. The summed E-state index contributed by atoms with van der Waals surface area (Å²) in [6.07, 6.45) is 1.36. The molecule has 42 heavy (non-hydrogen) atoms. The Labute approximate surface area is 248 Å². The van der Waals surface area contributed by atoms with Crippen molar-refractivity contribution in [3.05, 3.63) is 134 Å². The van der Waals surface area contributed by atoms with Gasteiger partial charge in [-0.25, -0.2) is 9.69 Å². The molecule has 0 atom stereocenters. The number of nitrogens with one attached hydrogen (secondary N) is 1. The molecule has 210 valence electrons. The Bertz CT molecular complexity index is 1690. The van der Waals surface area contributed by atoms with Crippen molar-refractivity contribution in [2.24, 2.45) is 0 Å². The number of carbonyl (C=O) groups excluding carboxylic acids is 3. The molecule has 4 aromatic carbocycles. The highest BCUT2D eigenvalue weighted by atomic mass is 79.9. The molecule has 5 rings (SSSR count). The zero-order valence-electron chi connectivity index (χ0n) is 21.9. The number of non-ortho nitro benzene ring substituents is 1. The molecule has 1 aliphatic rings. The van der Waals surface area contributed by atoms with Gasteiger partial charge in [-0.15, -0.1) is 0 Å². The quantitative estimate of drug-likeness (QED) is 0.101. The van der Waals surface area contributed by atoms with Gasteiger partial charge in [0.2, 0.25) is 0 Å². The number of anilines is 1. The van der Waals surface area contributed by atoms with Gasteiger partial charge in [0.25, 0.3) is 17.5 Å². The number of carbonyl (C=O) groups is 3. The number of para-hydroxylation sites is 1. The van der Waals surface area contributed by atoms with Crippen molar-refractivity contribution in [2.75, 3.05) is 4.90 Å². The SMILES string of the molecule is O=C1NC(=O)N(c2ccc(OCc3ccc(Br)cc3)cc2)C(=O)/C1=C/c1ccccc1OCc1ccc([N+](=O)[O-])cc1. The summed E-state index contributed by atoms with van der Waals surface area (Å²) in [7, 11) is 0. The number of imide groups is 2. The van der Waals surface area contributed by atoms with E-state index in [0.29, 0.717) is 29.2 Å². The lowest BCUT2D eigenvalue weighted by molar-refractivity contribution is -0.384. The summed E-state index contributed by atoms with van der Waals surface area (Å²) in [5.41, 5.74) is 2.07. The average molecular weight is 628 g/mol. The number of nitro benzene ring substituents is 1. The minimum absolute atomic E-state index is 0.0345. The number of barbiturate groups is 1. The molecule has 0 aliphatic carbocycles. The second-order valence-corrected chi connectivity index (χ2v) is 10.0. The van der Waals surface area contributed by atoms with Gasteiger partial charge >= 0.3 is 6.03 Å². The van der Waals surface area contributed by atoms with Crippen LogP contribution in [0.15, 0.2) is 107 Å². The first kappa shape index (κ1) is 28.2. The summed E-state index contributed by atoms with van der Waals surface area (Å²) >= 11 is 3.39. The largest absolute Gasteiger partial charge is 0.489 e. The van der Waals surface area contributed by atoms with E-state index >= 15 is 0 Å². The monoisotopic (exact) mass is 627 g/mol. The minimum Gasteiger partial charge on any atom is -0.489 e. The highest BCUT2D eigenvalue weighted by molar-refractivity contribution is 9.10. The fourth-order valence-corrected chi connectivity index (χ4v) is 4.36. The minimum atomic E-state index is -0.867. The van der Waals surface area contributed by atoms with E-state index < -0.39 is 22.8 Å². The Kier molecular flexibility index (Phi) is 8.39. The Morgan fingerprint density at radius 1 is 0.810 bits per heavy atom. The van der Waals surface area contributed by atoms with Crippen LogP contribution in [0.5, 0.6) is 11.5 Å². The fourth-order valence-electron chi connectivity index (χ4n) is 4.09. The van der Waals surface area contributed by atoms with Crippen molar-refractivity contribution in [1.29, 1.82) is 0 Å². The highest BCUT2D eigenvalue weighted by Crippen LogP contribution is 2.27. The predicted molar refractivity (Wildman–Crippen MR) is 158 cm³/mol. The van der Waals surface area contributed by atoms with Gasteiger partial charge in [-0.3, -0.25) is 25.0 Å². The molecule has 0 aromatic heterocycles. The second kappa shape index (κ2) is 12.5. The fraction of sp³-hybridized carbons (Fsp3) is 0.0645. The van der Waals surface area contributed by atoms with Crippen LogP contribution in [0, 0.1) is 10.1 Å². The second-order valence-electron chi connectivity index (χ2n) is 9.12. The van der Waals surface area contributed by atoms with E-state index in [2.05, 4.69) is 21.2 Å². The van der Waals surface area contributed by atoms with Crippen molar-refractivity contribution in [2.45, 2.75) is 13.2 Å². The van der Waals surface area contributed by atoms with Crippen LogP contribution >= 0.6 is 15.9 Å². The molecule has 1 heterocycles. The molecule has 4 amide bonds. The van der Waals surface area contributed by atoms with Gasteiger partial charge in [0.05, 0.1) is 10.6 Å². The lowest BCUT2D eigenvalue weighted by Gasteiger charge is -2.26. The van der Waals surface area contributed by atoms with Crippen LogP contribution in [0.25, 0.3) is 6.08 Å². The van der Waals surface area contributed by atoms with E-state index in [-0.39, 0.29) is 23.6 Å². The van der Waals surface area contributed by atoms with Gasteiger partial charge in [0.15, 0.2) is 0 Å². The number of nitrogens with zero attached hydrogens (tertiary/aromatic N) is 2. The van der Waals surface area contributed by atoms with Crippen LogP contribution in [-0.2, 0) is 22.8 Å². The number of nitro groups is 1. The third-order valence-electron chi connectivity index (χ3n) is 6.28. The lowest BCUT2D eigenvalue weighted by Crippen LogP contribution is -2.54. The zero-order chi connectivity index (χ0) is 29.6. The summed E-state index contributed by atoms with van der Waals surface area (Å²) in [6, 6.07) is 25.9. The van der Waals surface area contributed by atoms with Crippen molar-refractivity contribution in [3.63, 3.8) is 0 Å². The summed E-state index contributed by atoms with van der Waals surface area (Å²) in [4.78, 5) is 50.1. The van der Waals surface area contributed by atoms with E-state index in [0.717, 1.165) is 14.9 Å². The van der Waals surface area contributed by atoms with Gasteiger partial charge in [0, 0.05) is 22.2 Å². The summed E-state index contributed by atoms with van der Waals surface area (Å²) in [5, 5.41) is 13.1. The number of benzene rings is 4. The van der Waals surface area contributed by atoms with Crippen LogP contribution in [0.2, 0.25) is 0 Å². The van der Waals surface area contributed by atoms with Crippen LogP contribution < -0.4 is 19.7 Å². The normalized spacial score (nSPS) is 14.1. The summed E-state index contributed by atoms with van der Waals surface area (Å²) in [6.45, 7) is 0.433. The number of hydrogen-bond donors (Lipinski definition) is 1. The third-order valence-corrected chi connectivity index (χ3v) is 6.80. The topological polar surface area (TPSA) is 128 Å². The lowest BCUT2D eigenvalue weighted by atomic mass is 10.1. The van der Waals surface area contributed by atoms with Crippen molar-refractivity contribution < 1.29 is 28.8 Å². The van der Waals surface area contributed by atoms with Crippen LogP contribution in [-0.4, -0.2) is 22.8 Å². The first-order chi connectivity index (χ1) is 20.3. The summed E-state index contributed by atoms with van der Waals surface area (Å²) in [5.74, 6) is -0.713. The molecule has 0 radical (unpaired) electrons. The van der Waals surface area contributed by atoms with Crippen LogP contribution in [0.4, 0.5) is 16.2 Å². The van der Waals surface area contributed by atoms with Gasteiger partial charge in [-0.1, -0.05) is 46.3 Å². The van der Waals surface area contributed by atoms with Crippen molar-refractivity contribution in [3.8, 4) is 11.5 Å². The maximum Gasteiger partial charge on any atom is 0.335 e. The standard InChI is InChI=1S/C31H22BrN3O7/c32-23-9-5-20(6-10-23)18-41-26-15-13-24(14-16-26)34-30(37)27(29(36)33-31(34)38)17-22-3-1-2-4-28(22)42-19-21-7-11-25(12-8-21)35(39)40/h1-17H,18-19H2,(H,33,36,38)/b27-17+. The van der Waals surface area contributed by atoms with Crippen molar-refractivity contribution >= 4 is 51.2 Å². The molecule has 0 saturated carbocycles. The Morgan fingerprint density at radius 3 is 2.10 bits per heavy atom. The van der Waals surface area contributed by atoms with Crippen LogP contribution in [0.1, 0.15) is 16.7 Å². The Balaban J connectivity index is 1.31. The third kappa shape index (κ3) is 6.53. The number of halogens is 1.